The van der Waals surface area contributed by atoms with Crippen molar-refractivity contribution in [2.45, 2.75) is 116 Å². The smallest absolute Gasteiger partial charge is 0.283 e. The molecule has 0 aromatic heterocycles. The topological polar surface area (TPSA) is 69.4 Å². The van der Waals surface area contributed by atoms with E-state index in [1.807, 2.05) is 0 Å². The molecule has 140 valence electrons. The highest BCUT2D eigenvalue weighted by Gasteiger charge is 2.20. The predicted molar refractivity (Wildman–Crippen MR) is 98.8 cm³/mol. The third-order valence-corrected chi connectivity index (χ3v) is 5.73. The van der Waals surface area contributed by atoms with E-state index in [2.05, 4.69) is 6.92 Å². The van der Waals surface area contributed by atoms with Crippen LogP contribution < -0.4 is 5.73 Å². The van der Waals surface area contributed by atoms with Gasteiger partial charge in [-0.3, -0.25) is 4.18 Å². The summed E-state index contributed by atoms with van der Waals surface area (Å²) < 4.78 is 28.1. The van der Waals surface area contributed by atoms with Crippen molar-refractivity contribution in [3.63, 3.8) is 0 Å². The van der Waals surface area contributed by atoms with Crippen molar-refractivity contribution in [1.29, 1.82) is 0 Å². The van der Waals surface area contributed by atoms with Crippen LogP contribution in [0.15, 0.2) is 0 Å². The van der Waals surface area contributed by atoms with Crippen molar-refractivity contribution in [1.82, 2.24) is 0 Å². The van der Waals surface area contributed by atoms with Crippen LogP contribution in [0, 0.1) is 0 Å². The minimum atomic E-state index is -3.59. The van der Waals surface area contributed by atoms with Gasteiger partial charge in [0.25, 0.3) is 10.1 Å². The van der Waals surface area contributed by atoms with E-state index in [1.165, 1.54) is 71.1 Å². The molecular formula is C18H39NO3S. The lowest BCUT2D eigenvalue weighted by Gasteiger charge is -2.14. The Morgan fingerprint density at radius 2 is 1.17 bits per heavy atom. The third kappa shape index (κ3) is 14.0. The van der Waals surface area contributed by atoms with Gasteiger partial charge in [-0.15, -0.1) is 0 Å². The maximum Gasteiger partial charge on any atom is 0.283 e. The van der Waals surface area contributed by atoms with Gasteiger partial charge in [-0.1, -0.05) is 84.0 Å². The molecule has 0 saturated carbocycles. The highest BCUT2D eigenvalue weighted by molar-refractivity contribution is 7.87. The molecule has 0 aliphatic rings. The summed E-state index contributed by atoms with van der Waals surface area (Å²) in [5.41, 5.74) is 5.37. The lowest BCUT2D eigenvalue weighted by atomic mass is 10.0. The molecule has 0 aromatic carbocycles. The summed E-state index contributed by atoms with van der Waals surface area (Å²) in [7, 11) is -3.59. The number of unbranched alkanes of at least 4 members (excludes halogenated alkanes) is 11. The molecule has 0 rings (SSSR count). The molecule has 0 radical (unpaired) electrons. The summed E-state index contributed by atoms with van der Waals surface area (Å²) in [4.78, 5) is 0. The first-order valence-corrected chi connectivity index (χ1v) is 11.0. The Morgan fingerprint density at radius 3 is 1.57 bits per heavy atom. The molecule has 0 aliphatic heterocycles. The summed E-state index contributed by atoms with van der Waals surface area (Å²) in [6, 6.07) is 0. The molecule has 2 N–H and O–H groups in total. The Morgan fingerprint density at radius 1 is 0.783 bits per heavy atom. The first-order valence-electron chi connectivity index (χ1n) is 9.57. The van der Waals surface area contributed by atoms with Crippen LogP contribution in [0.4, 0.5) is 0 Å². The molecule has 4 nitrogen and oxygen atoms in total. The van der Waals surface area contributed by atoms with Gasteiger partial charge in [0, 0.05) is 0 Å². The first-order chi connectivity index (χ1) is 10.9. The molecule has 0 aliphatic carbocycles. The molecule has 0 saturated heterocycles. The molecule has 23 heavy (non-hydrogen) atoms. The zero-order chi connectivity index (χ0) is 17.6. The van der Waals surface area contributed by atoms with E-state index >= 15 is 0 Å². The maximum absolute atomic E-state index is 11.5. The second kappa shape index (κ2) is 14.2. The highest BCUT2D eigenvalue weighted by atomic mass is 32.2. The molecule has 2 unspecified atom stereocenters. The van der Waals surface area contributed by atoms with Gasteiger partial charge in [-0.2, -0.15) is 8.42 Å². The number of rotatable bonds is 16. The standard InChI is InChI=1S/C18H39NO3S/c1-4-5-6-7-8-9-10-11-12-13-14-15-16-17(2)22-23(20,21)18(3)19/h17-18H,4-16,19H2,1-3H3. The van der Waals surface area contributed by atoms with Crippen molar-refractivity contribution < 1.29 is 12.6 Å². The summed E-state index contributed by atoms with van der Waals surface area (Å²) >= 11 is 0. The molecular weight excluding hydrogens is 310 g/mol. The Bertz CT molecular complexity index is 355. The van der Waals surface area contributed by atoms with E-state index in [4.69, 9.17) is 9.92 Å². The van der Waals surface area contributed by atoms with Crippen LogP contribution in [0.5, 0.6) is 0 Å². The van der Waals surface area contributed by atoms with E-state index in [1.54, 1.807) is 6.92 Å². The Balaban J connectivity index is 3.36. The summed E-state index contributed by atoms with van der Waals surface area (Å²) in [5, 5.41) is -0.952. The zero-order valence-electron chi connectivity index (χ0n) is 15.6. The lowest BCUT2D eigenvalue weighted by Crippen LogP contribution is -2.31. The minimum absolute atomic E-state index is 0.269. The van der Waals surface area contributed by atoms with Crippen molar-refractivity contribution in [2.75, 3.05) is 0 Å². The van der Waals surface area contributed by atoms with E-state index in [0.29, 0.717) is 0 Å². The molecule has 0 bridgehead atoms. The summed E-state index contributed by atoms with van der Waals surface area (Å²) in [6.45, 7) is 5.49. The predicted octanol–water partition coefficient (Wildman–Crippen LogP) is 5.12. The largest absolute Gasteiger partial charge is 0.313 e. The van der Waals surface area contributed by atoms with Crippen LogP contribution in [-0.2, 0) is 14.3 Å². The maximum atomic E-state index is 11.5. The molecule has 2 atom stereocenters. The summed E-state index contributed by atoms with van der Waals surface area (Å²) in [5.74, 6) is 0. The number of nitrogens with two attached hydrogens (primary N) is 1. The Kier molecular flexibility index (Phi) is 14.2. The van der Waals surface area contributed by atoms with E-state index in [-0.39, 0.29) is 6.10 Å². The molecule has 0 aromatic rings. The average molecular weight is 350 g/mol. The van der Waals surface area contributed by atoms with Crippen LogP contribution >= 0.6 is 0 Å². The molecule has 0 heterocycles. The van der Waals surface area contributed by atoms with Gasteiger partial charge >= 0.3 is 0 Å². The normalized spacial score (nSPS) is 14.8. The van der Waals surface area contributed by atoms with Gasteiger partial charge in [0.15, 0.2) is 0 Å². The Hall–Kier alpha value is -0.130. The molecule has 0 fully saturated rings. The van der Waals surface area contributed by atoms with Crippen LogP contribution in [0.25, 0.3) is 0 Å². The third-order valence-electron chi connectivity index (χ3n) is 4.22. The lowest BCUT2D eigenvalue weighted by molar-refractivity contribution is 0.210. The fourth-order valence-corrected chi connectivity index (χ4v) is 3.37. The van der Waals surface area contributed by atoms with Gasteiger partial charge in [0.05, 0.1) is 6.10 Å². The van der Waals surface area contributed by atoms with Crippen LogP contribution in [0.1, 0.15) is 104 Å². The minimum Gasteiger partial charge on any atom is -0.313 e. The van der Waals surface area contributed by atoms with Gasteiger partial charge in [0.1, 0.15) is 5.37 Å². The second-order valence-electron chi connectivity index (χ2n) is 6.78. The zero-order valence-corrected chi connectivity index (χ0v) is 16.4. The van der Waals surface area contributed by atoms with Gasteiger partial charge in [-0.05, 0) is 20.3 Å². The monoisotopic (exact) mass is 349 g/mol. The average Bonchev–Trinajstić information content (AvgIpc) is 2.47. The van der Waals surface area contributed by atoms with E-state index in [9.17, 15) is 8.42 Å². The van der Waals surface area contributed by atoms with Crippen molar-refractivity contribution in [2.24, 2.45) is 5.73 Å². The van der Waals surface area contributed by atoms with Crippen molar-refractivity contribution in [3.05, 3.63) is 0 Å². The SMILES string of the molecule is CCCCCCCCCCCCCCC(C)OS(=O)(=O)C(C)N. The van der Waals surface area contributed by atoms with Gasteiger partial charge in [0.2, 0.25) is 0 Å². The summed E-state index contributed by atoms with van der Waals surface area (Å²) in [6.07, 6.45) is 16.2. The quantitative estimate of drug-likeness (QED) is 0.310. The molecule has 5 heteroatoms. The molecule has 0 amide bonds. The second-order valence-corrected chi connectivity index (χ2v) is 8.70. The number of hydrogen-bond acceptors (Lipinski definition) is 4. The highest BCUT2D eigenvalue weighted by Crippen LogP contribution is 2.14. The fraction of sp³-hybridized carbons (Fsp3) is 1.00. The van der Waals surface area contributed by atoms with Crippen molar-refractivity contribution in [3.8, 4) is 0 Å². The molecule has 0 spiro atoms. The van der Waals surface area contributed by atoms with Crippen molar-refractivity contribution >= 4 is 10.1 Å². The van der Waals surface area contributed by atoms with E-state index in [0.717, 1.165) is 19.3 Å². The Labute approximate surface area is 144 Å². The number of hydrogen-bond donors (Lipinski definition) is 1. The van der Waals surface area contributed by atoms with Crippen LogP contribution in [0.3, 0.4) is 0 Å². The fourth-order valence-electron chi connectivity index (χ4n) is 2.64. The van der Waals surface area contributed by atoms with Crippen LogP contribution in [-0.4, -0.2) is 19.9 Å². The van der Waals surface area contributed by atoms with Gasteiger partial charge in [-0.25, -0.2) is 0 Å². The van der Waals surface area contributed by atoms with Crippen LogP contribution in [0.2, 0.25) is 0 Å². The van der Waals surface area contributed by atoms with Gasteiger partial charge < -0.3 is 5.73 Å². The first kappa shape index (κ1) is 22.9. The van der Waals surface area contributed by atoms with E-state index < -0.39 is 15.5 Å².